The van der Waals surface area contributed by atoms with E-state index in [9.17, 15) is 9.90 Å². The van der Waals surface area contributed by atoms with E-state index in [1.807, 2.05) is 6.92 Å². The minimum Gasteiger partial charge on any atom is -0.550 e. The second-order valence-electron chi connectivity index (χ2n) is 4.66. The summed E-state index contributed by atoms with van der Waals surface area (Å²) in [5.41, 5.74) is 2.56. The molecule has 0 N–H and O–H groups in total. The fourth-order valence-electron chi connectivity index (χ4n) is 1.47. The van der Waals surface area contributed by atoms with Crippen LogP contribution in [-0.2, 0) is 4.79 Å². The normalized spacial score (nSPS) is 13.6. The zero-order chi connectivity index (χ0) is 12.6. The van der Waals surface area contributed by atoms with Crippen LogP contribution < -0.4 is 5.11 Å². The fourth-order valence-corrected chi connectivity index (χ4v) is 1.47. The maximum Gasteiger partial charge on any atom is 0.0442 e. The van der Waals surface area contributed by atoms with Gasteiger partial charge in [-0.05, 0) is 51.9 Å². The molecule has 0 bridgehead atoms. The van der Waals surface area contributed by atoms with Crippen molar-refractivity contribution in [3.63, 3.8) is 0 Å². The van der Waals surface area contributed by atoms with Crippen molar-refractivity contribution in [2.45, 2.75) is 52.9 Å². The third-order valence-corrected chi connectivity index (χ3v) is 2.67. The number of carboxylic acid groups (broad SMARTS) is 1. The van der Waals surface area contributed by atoms with Crippen LogP contribution in [0.5, 0.6) is 0 Å². The molecule has 0 aromatic carbocycles. The average molecular weight is 223 g/mol. The van der Waals surface area contributed by atoms with E-state index in [2.05, 4.69) is 19.6 Å². The third-order valence-electron chi connectivity index (χ3n) is 2.67. The Kier molecular flexibility index (Phi) is 7.61. The molecule has 0 aliphatic carbocycles. The van der Waals surface area contributed by atoms with Crippen molar-refractivity contribution in [1.29, 1.82) is 0 Å². The highest BCUT2D eigenvalue weighted by molar-refractivity contribution is 5.66. The molecule has 16 heavy (non-hydrogen) atoms. The van der Waals surface area contributed by atoms with Gasteiger partial charge in [-0.15, -0.1) is 6.58 Å². The van der Waals surface area contributed by atoms with Crippen molar-refractivity contribution in [3.8, 4) is 0 Å². The van der Waals surface area contributed by atoms with Crippen LogP contribution in [0, 0.1) is 5.92 Å². The topological polar surface area (TPSA) is 40.1 Å². The average Bonchev–Trinajstić information content (AvgIpc) is 2.16. The van der Waals surface area contributed by atoms with Crippen molar-refractivity contribution in [1.82, 2.24) is 0 Å². The molecular formula is C14H23O2-. The molecule has 0 amide bonds. The van der Waals surface area contributed by atoms with Gasteiger partial charge in [0.15, 0.2) is 0 Å². The van der Waals surface area contributed by atoms with Crippen LogP contribution in [0.1, 0.15) is 52.9 Å². The number of allylic oxidation sites excluding steroid dienone is 3. The van der Waals surface area contributed by atoms with Crippen molar-refractivity contribution in [2.24, 2.45) is 5.92 Å². The Morgan fingerprint density at radius 2 is 2.00 bits per heavy atom. The predicted octanol–water partition coefficient (Wildman–Crippen LogP) is 2.85. The first-order chi connectivity index (χ1) is 7.43. The SMILES string of the molecule is C=C(C)CCC/C(C)=C/CCC(C)C(=O)[O-]. The van der Waals surface area contributed by atoms with Gasteiger partial charge < -0.3 is 9.90 Å². The molecule has 0 spiro atoms. The van der Waals surface area contributed by atoms with Gasteiger partial charge in [0.1, 0.15) is 0 Å². The lowest BCUT2D eigenvalue weighted by Crippen LogP contribution is -2.29. The summed E-state index contributed by atoms with van der Waals surface area (Å²) in [5, 5.41) is 10.5. The van der Waals surface area contributed by atoms with Gasteiger partial charge in [0.25, 0.3) is 0 Å². The molecular weight excluding hydrogens is 200 g/mol. The number of carbonyl (C=O) groups excluding carboxylic acids is 1. The Morgan fingerprint density at radius 1 is 1.38 bits per heavy atom. The number of rotatable bonds is 8. The summed E-state index contributed by atoms with van der Waals surface area (Å²) in [7, 11) is 0. The van der Waals surface area contributed by atoms with Crippen molar-refractivity contribution >= 4 is 5.97 Å². The third kappa shape index (κ3) is 8.27. The number of carbonyl (C=O) groups is 1. The first-order valence-electron chi connectivity index (χ1n) is 5.94. The Bertz CT molecular complexity index is 264. The van der Waals surface area contributed by atoms with Gasteiger partial charge >= 0.3 is 0 Å². The van der Waals surface area contributed by atoms with Crippen LogP contribution in [0.4, 0.5) is 0 Å². The van der Waals surface area contributed by atoms with Gasteiger partial charge in [-0.1, -0.05) is 24.1 Å². The van der Waals surface area contributed by atoms with Gasteiger partial charge in [0.2, 0.25) is 0 Å². The molecule has 2 nitrogen and oxygen atoms in total. The van der Waals surface area contributed by atoms with E-state index in [0.29, 0.717) is 6.42 Å². The van der Waals surface area contributed by atoms with Crippen LogP contribution in [0.2, 0.25) is 0 Å². The molecule has 0 rings (SSSR count). The van der Waals surface area contributed by atoms with Gasteiger partial charge in [0, 0.05) is 5.97 Å². The number of hydrogen-bond donors (Lipinski definition) is 0. The van der Waals surface area contributed by atoms with E-state index >= 15 is 0 Å². The fraction of sp³-hybridized carbons (Fsp3) is 0.643. The minimum atomic E-state index is -0.951. The van der Waals surface area contributed by atoms with Gasteiger partial charge in [-0.25, -0.2) is 0 Å². The second kappa shape index (κ2) is 8.14. The monoisotopic (exact) mass is 223 g/mol. The van der Waals surface area contributed by atoms with Crippen LogP contribution in [0.15, 0.2) is 23.8 Å². The molecule has 0 saturated carbocycles. The Hall–Kier alpha value is -1.05. The summed E-state index contributed by atoms with van der Waals surface area (Å²) >= 11 is 0. The predicted molar refractivity (Wildman–Crippen MR) is 65.8 cm³/mol. The number of carboxylic acids is 1. The summed E-state index contributed by atoms with van der Waals surface area (Å²) in [6.07, 6.45) is 6.91. The smallest absolute Gasteiger partial charge is 0.0442 e. The lowest BCUT2D eigenvalue weighted by Gasteiger charge is -2.10. The molecule has 0 aliphatic heterocycles. The second-order valence-corrected chi connectivity index (χ2v) is 4.66. The van der Waals surface area contributed by atoms with Gasteiger partial charge in [0.05, 0.1) is 0 Å². The van der Waals surface area contributed by atoms with Crippen LogP contribution in [-0.4, -0.2) is 5.97 Å². The lowest BCUT2D eigenvalue weighted by molar-refractivity contribution is -0.311. The Balaban J connectivity index is 3.70. The first-order valence-corrected chi connectivity index (χ1v) is 5.94. The highest BCUT2D eigenvalue weighted by Crippen LogP contribution is 2.13. The molecule has 0 aliphatic rings. The zero-order valence-corrected chi connectivity index (χ0v) is 10.7. The van der Waals surface area contributed by atoms with Crippen molar-refractivity contribution in [2.75, 3.05) is 0 Å². The summed E-state index contributed by atoms with van der Waals surface area (Å²) < 4.78 is 0. The van der Waals surface area contributed by atoms with Crippen molar-refractivity contribution < 1.29 is 9.90 Å². The molecule has 1 atom stereocenters. The highest BCUT2D eigenvalue weighted by atomic mass is 16.4. The van der Waals surface area contributed by atoms with Crippen LogP contribution in [0.3, 0.4) is 0 Å². The summed E-state index contributed by atoms with van der Waals surface area (Å²) in [5.74, 6) is -1.30. The lowest BCUT2D eigenvalue weighted by atomic mass is 10.0. The van der Waals surface area contributed by atoms with E-state index in [4.69, 9.17) is 0 Å². The molecule has 0 saturated heterocycles. The van der Waals surface area contributed by atoms with Gasteiger partial charge in [-0.2, -0.15) is 0 Å². The molecule has 92 valence electrons. The molecule has 0 heterocycles. The van der Waals surface area contributed by atoms with E-state index in [0.717, 1.165) is 25.7 Å². The number of aliphatic carboxylic acids is 1. The first kappa shape index (κ1) is 14.9. The Labute approximate surface area is 99.1 Å². The maximum absolute atomic E-state index is 10.5. The van der Waals surface area contributed by atoms with E-state index in [1.165, 1.54) is 11.1 Å². The standard InChI is InChI=1S/C14H24O2/c1-11(2)7-5-8-12(3)9-6-10-13(4)14(15)16/h9,13H,1,5-8,10H2,2-4H3,(H,15,16)/p-1/b12-9+. The summed E-state index contributed by atoms with van der Waals surface area (Å²) in [4.78, 5) is 10.5. The zero-order valence-electron chi connectivity index (χ0n) is 10.7. The van der Waals surface area contributed by atoms with Gasteiger partial charge in [-0.3, -0.25) is 0 Å². The summed E-state index contributed by atoms with van der Waals surface area (Å²) in [6, 6.07) is 0. The van der Waals surface area contributed by atoms with Crippen LogP contribution in [0.25, 0.3) is 0 Å². The van der Waals surface area contributed by atoms with E-state index in [-0.39, 0.29) is 5.92 Å². The molecule has 1 unspecified atom stereocenters. The molecule has 0 aromatic rings. The molecule has 2 heteroatoms. The van der Waals surface area contributed by atoms with E-state index < -0.39 is 5.97 Å². The highest BCUT2D eigenvalue weighted by Gasteiger charge is 2.00. The Morgan fingerprint density at radius 3 is 2.50 bits per heavy atom. The summed E-state index contributed by atoms with van der Waals surface area (Å²) in [6.45, 7) is 9.70. The number of hydrogen-bond acceptors (Lipinski definition) is 2. The quantitative estimate of drug-likeness (QED) is 0.594. The largest absolute Gasteiger partial charge is 0.550 e. The van der Waals surface area contributed by atoms with Crippen molar-refractivity contribution in [3.05, 3.63) is 23.8 Å². The maximum atomic E-state index is 10.5. The molecule has 0 radical (unpaired) electrons. The minimum absolute atomic E-state index is 0.348. The molecule has 0 aromatic heterocycles. The van der Waals surface area contributed by atoms with E-state index in [1.54, 1.807) is 6.92 Å². The molecule has 0 fully saturated rings. The van der Waals surface area contributed by atoms with Crippen LogP contribution >= 0.6 is 0 Å².